The molecule has 8 heteroatoms. The Morgan fingerprint density at radius 1 is 1.00 bits per heavy atom. The van der Waals surface area contributed by atoms with Crippen LogP contribution in [0.2, 0.25) is 0 Å². The molecule has 1 saturated heterocycles. The predicted molar refractivity (Wildman–Crippen MR) is 129 cm³/mol. The van der Waals surface area contributed by atoms with Crippen LogP contribution in [0.4, 0.5) is 4.39 Å². The number of aromatic amines is 1. The maximum absolute atomic E-state index is 13.4. The first-order chi connectivity index (χ1) is 16.6. The molecule has 0 bridgehead atoms. The fraction of sp³-hybridized carbons (Fsp3) is 0.385. The van der Waals surface area contributed by atoms with Gasteiger partial charge in [0.1, 0.15) is 11.9 Å². The Labute approximate surface area is 197 Å². The molecular formula is C26H29FN6O. The van der Waals surface area contributed by atoms with Crippen LogP contribution < -0.4 is 5.56 Å². The number of tetrazole rings is 1. The van der Waals surface area contributed by atoms with Crippen LogP contribution in [0.15, 0.2) is 53.3 Å². The molecule has 0 spiro atoms. The van der Waals surface area contributed by atoms with Crippen LogP contribution in [-0.4, -0.2) is 43.2 Å². The number of fused-ring (bicyclic) bond motifs is 1. The molecule has 1 aliphatic heterocycles. The molecule has 0 saturated carbocycles. The summed E-state index contributed by atoms with van der Waals surface area (Å²) in [5.74, 6) is 0.347. The van der Waals surface area contributed by atoms with E-state index in [1.807, 2.05) is 18.2 Å². The second-order valence-corrected chi connectivity index (χ2v) is 9.00. The number of hydrogen-bond donors (Lipinski definition) is 1. The Balaban J connectivity index is 1.61. The van der Waals surface area contributed by atoms with Gasteiger partial charge in [-0.3, -0.25) is 9.69 Å². The lowest BCUT2D eigenvalue weighted by Crippen LogP contribution is -2.36. The van der Waals surface area contributed by atoms with E-state index in [1.54, 1.807) is 16.8 Å². The van der Waals surface area contributed by atoms with Gasteiger partial charge in [-0.15, -0.1) is 5.10 Å². The van der Waals surface area contributed by atoms with Gasteiger partial charge in [0.25, 0.3) is 5.56 Å². The minimum atomic E-state index is -0.369. The number of nitrogens with zero attached hydrogens (tertiary/aromatic N) is 5. The monoisotopic (exact) mass is 460 g/mol. The lowest BCUT2D eigenvalue weighted by atomic mass is 10.0. The number of rotatable bonds is 6. The van der Waals surface area contributed by atoms with Crippen molar-refractivity contribution in [3.05, 3.63) is 87.2 Å². The zero-order chi connectivity index (χ0) is 23.5. The number of benzene rings is 2. The first-order valence-electron chi connectivity index (χ1n) is 12.0. The summed E-state index contributed by atoms with van der Waals surface area (Å²) < 4.78 is 15.1. The van der Waals surface area contributed by atoms with Crippen LogP contribution in [0.3, 0.4) is 0 Å². The summed E-state index contributed by atoms with van der Waals surface area (Å²) in [6, 6.07) is 14.1. The molecule has 0 radical (unpaired) electrons. The van der Waals surface area contributed by atoms with E-state index >= 15 is 0 Å². The SMILES string of the molecule is CCc1ccc2[nH]c(=O)c(C(c3nnnn3Cc3ccc(F)cc3)N3CCCCCC3)cc2c1. The Morgan fingerprint density at radius 3 is 2.47 bits per heavy atom. The van der Waals surface area contributed by atoms with Gasteiger partial charge in [0, 0.05) is 11.1 Å². The minimum absolute atomic E-state index is 0.123. The summed E-state index contributed by atoms with van der Waals surface area (Å²) in [5.41, 5.74) is 3.47. The predicted octanol–water partition coefficient (Wildman–Crippen LogP) is 4.23. The zero-order valence-electron chi connectivity index (χ0n) is 19.4. The number of likely N-dealkylation sites (tertiary alicyclic amines) is 1. The van der Waals surface area contributed by atoms with E-state index in [9.17, 15) is 9.18 Å². The molecule has 1 fully saturated rings. The maximum atomic E-state index is 13.4. The molecule has 4 aromatic rings. The molecule has 5 rings (SSSR count). The van der Waals surface area contributed by atoms with Gasteiger partial charge >= 0.3 is 0 Å². The third-order valence-corrected chi connectivity index (χ3v) is 6.70. The molecule has 34 heavy (non-hydrogen) atoms. The number of hydrogen-bond acceptors (Lipinski definition) is 5. The molecular weight excluding hydrogens is 431 g/mol. The molecule has 1 aliphatic rings. The highest BCUT2D eigenvalue weighted by Crippen LogP contribution is 2.29. The van der Waals surface area contributed by atoms with Gasteiger partial charge < -0.3 is 4.98 Å². The summed E-state index contributed by atoms with van der Waals surface area (Å²) >= 11 is 0. The average Bonchev–Trinajstić information content (AvgIpc) is 3.12. The molecule has 2 aromatic carbocycles. The Kier molecular flexibility index (Phi) is 6.49. The second-order valence-electron chi connectivity index (χ2n) is 9.00. The highest BCUT2D eigenvalue weighted by Gasteiger charge is 2.30. The number of halogens is 1. The van der Waals surface area contributed by atoms with E-state index in [0.29, 0.717) is 17.9 Å². The molecule has 7 nitrogen and oxygen atoms in total. The highest BCUT2D eigenvalue weighted by atomic mass is 19.1. The van der Waals surface area contributed by atoms with Crippen LogP contribution in [0.1, 0.15) is 61.2 Å². The Bertz CT molecular complexity index is 1320. The average molecular weight is 461 g/mol. The van der Waals surface area contributed by atoms with Gasteiger partial charge in [-0.2, -0.15) is 0 Å². The third kappa shape index (κ3) is 4.63. The van der Waals surface area contributed by atoms with Gasteiger partial charge in [0.2, 0.25) is 0 Å². The largest absolute Gasteiger partial charge is 0.322 e. The molecule has 1 atom stereocenters. The summed E-state index contributed by atoms with van der Waals surface area (Å²) in [6.45, 7) is 4.27. The second kappa shape index (κ2) is 9.85. The van der Waals surface area contributed by atoms with Crippen molar-refractivity contribution in [1.29, 1.82) is 0 Å². The summed E-state index contributed by atoms with van der Waals surface area (Å²) in [7, 11) is 0. The quantitative estimate of drug-likeness (QED) is 0.466. The van der Waals surface area contributed by atoms with E-state index in [2.05, 4.69) is 38.4 Å². The fourth-order valence-corrected chi connectivity index (χ4v) is 4.83. The summed E-state index contributed by atoms with van der Waals surface area (Å²) in [6.07, 6.45) is 5.42. The first-order valence-corrected chi connectivity index (χ1v) is 12.0. The van der Waals surface area contributed by atoms with Crippen molar-refractivity contribution in [3.63, 3.8) is 0 Å². The molecule has 1 N–H and O–H groups in total. The van der Waals surface area contributed by atoms with Gasteiger partial charge in [-0.25, -0.2) is 9.07 Å². The van der Waals surface area contributed by atoms with Crippen LogP contribution in [-0.2, 0) is 13.0 Å². The van der Waals surface area contributed by atoms with Crippen molar-refractivity contribution >= 4 is 10.9 Å². The van der Waals surface area contributed by atoms with Crippen molar-refractivity contribution in [2.24, 2.45) is 0 Å². The van der Waals surface area contributed by atoms with Crippen molar-refractivity contribution < 1.29 is 4.39 Å². The smallest absolute Gasteiger partial charge is 0.253 e. The Hall–Kier alpha value is -3.39. The lowest BCUT2D eigenvalue weighted by molar-refractivity contribution is 0.220. The highest BCUT2D eigenvalue weighted by molar-refractivity contribution is 5.80. The van der Waals surface area contributed by atoms with Crippen LogP contribution >= 0.6 is 0 Å². The normalized spacial score (nSPS) is 15.9. The van der Waals surface area contributed by atoms with Gasteiger partial charge in [0.05, 0.1) is 6.54 Å². The molecule has 3 heterocycles. The number of aryl methyl sites for hydroxylation is 1. The van der Waals surface area contributed by atoms with Crippen molar-refractivity contribution in [1.82, 2.24) is 30.1 Å². The van der Waals surface area contributed by atoms with E-state index < -0.39 is 0 Å². The molecule has 1 unspecified atom stereocenters. The standard InChI is InChI=1S/C26H29FN6O/c1-2-18-9-12-23-20(15-18)16-22(26(34)28-23)24(32-13-5-3-4-6-14-32)25-29-30-31-33(25)17-19-7-10-21(27)11-8-19/h7-12,15-16,24H,2-6,13-14,17H2,1H3,(H,28,34). The van der Waals surface area contributed by atoms with Crippen molar-refractivity contribution in [3.8, 4) is 0 Å². The molecule has 0 amide bonds. The summed E-state index contributed by atoms with van der Waals surface area (Å²) in [4.78, 5) is 18.8. The third-order valence-electron chi connectivity index (χ3n) is 6.70. The number of nitrogens with one attached hydrogen (secondary N) is 1. The topological polar surface area (TPSA) is 79.7 Å². The van der Waals surface area contributed by atoms with E-state index in [1.165, 1.54) is 30.5 Å². The first kappa shape index (κ1) is 22.4. The molecule has 176 valence electrons. The van der Waals surface area contributed by atoms with Crippen LogP contribution in [0.25, 0.3) is 10.9 Å². The summed E-state index contributed by atoms with van der Waals surface area (Å²) in [5, 5.41) is 13.6. The Morgan fingerprint density at radius 2 is 1.74 bits per heavy atom. The maximum Gasteiger partial charge on any atom is 0.253 e. The van der Waals surface area contributed by atoms with E-state index in [0.717, 1.165) is 48.8 Å². The molecule has 2 aromatic heterocycles. The fourth-order valence-electron chi connectivity index (χ4n) is 4.83. The number of H-pyrrole nitrogens is 1. The molecule has 0 aliphatic carbocycles. The van der Waals surface area contributed by atoms with Crippen LogP contribution in [0.5, 0.6) is 0 Å². The minimum Gasteiger partial charge on any atom is -0.322 e. The van der Waals surface area contributed by atoms with E-state index in [4.69, 9.17) is 0 Å². The van der Waals surface area contributed by atoms with Gasteiger partial charge in [-0.05, 0) is 89.6 Å². The van der Waals surface area contributed by atoms with Gasteiger partial charge in [0.15, 0.2) is 5.82 Å². The van der Waals surface area contributed by atoms with Crippen molar-refractivity contribution in [2.45, 2.75) is 51.6 Å². The lowest BCUT2D eigenvalue weighted by Gasteiger charge is -2.29. The van der Waals surface area contributed by atoms with Crippen molar-refractivity contribution in [2.75, 3.05) is 13.1 Å². The number of pyridine rings is 1. The zero-order valence-corrected chi connectivity index (χ0v) is 19.4. The van der Waals surface area contributed by atoms with Gasteiger partial charge in [-0.1, -0.05) is 38.0 Å². The van der Waals surface area contributed by atoms with E-state index in [-0.39, 0.29) is 17.4 Å². The number of aromatic nitrogens is 5. The van der Waals surface area contributed by atoms with Crippen LogP contribution in [0, 0.1) is 5.82 Å².